The lowest BCUT2D eigenvalue weighted by Crippen LogP contribution is -1.91. The second kappa shape index (κ2) is 6.06. The Morgan fingerprint density at radius 1 is 0.647 bits per heavy atom. The maximum atomic E-state index is 4.01. The summed E-state index contributed by atoms with van der Waals surface area (Å²) in [5.41, 5.74) is 0. The summed E-state index contributed by atoms with van der Waals surface area (Å²) in [5.74, 6) is 1.11. The zero-order valence-corrected chi connectivity index (χ0v) is 8.88. The first-order valence-corrected chi connectivity index (χ1v) is 4.89. The molecule has 0 spiro atoms. The van der Waals surface area contributed by atoms with Gasteiger partial charge >= 0.3 is 0 Å². The van der Waals surface area contributed by atoms with Gasteiger partial charge in [0.2, 0.25) is 0 Å². The van der Waals surface area contributed by atoms with Gasteiger partial charge in [0.15, 0.2) is 11.6 Å². The predicted octanol–water partition coefficient (Wildman–Crippen LogP) is 0.972. The Bertz CT molecular complexity index is 453. The van der Waals surface area contributed by atoms with Gasteiger partial charge in [-0.3, -0.25) is 0 Å². The van der Waals surface area contributed by atoms with Crippen LogP contribution in [0.15, 0.2) is 55.4 Å². The molecule has 3 rings (SSSR count). The lowest BCUT2D eigenvalue weighted by molar-refractivity contribution is 1.06. The number of nitrogens with zero attached hydrogens (tertiary/aromatic N) is 6. The van der Waals surface area contributed by atoms with Crippen molar-refractivity contribution in [1.82, 2.24) is 30.1 Å². The molecule has 0 aliphatic carbocycles. The van der Waals surface area contributed by atoms with Gasteiger partial charge in [-0.1, -0.05) is 6.07 Å². The van der Waals surface area contributed by atoms with Gasteiger partial charge in [0.1, 0.15) is 0 Å². The Morgan fingerprint density at radius 2 is 1.18 bits per heavy atom. The molecule has 0 atom stereocenters. The van der Waals surface area contributed by atoms with Crippen LogP contribution in [0.2, 0.25) is 0 Å². The van der Waals surface area contributed by atoms with Gasteiger partial charge < -0.3 is 10.2 Å². The quantitative estimate of drug-likeness (QED) is 0.614. The van der Waals surface area contributed by atoms with E-state index in [1.54, 1.807) is 55.4 Å². The van der Waals surface area contributed by atoms with E-state index in [1.807, 2.05) is 0 Å². The van der Waals surface area contributed by atoms with Crippen molar-refractivity contribution in [3.8, 4) is 11.6 Å². The lowest BCUT2D eigenvalue weighted by atomic mass is 10.5. The van der Waals surface area contributed by atoms with Gasteiger partial charge in [-0.15, -0.1) is 0 Å². The third kappa shape index (κ3) is 3.45. The van der Waals surface area contributed by atoms with Crippen LogP contribution in [0.25, 0.3) is 11.6 Å². The van der Waals surface area contributed by atoms with Gasteiger partial charge in [-0.05, 0) is 12.1 Å². The van der Waals surface area contributed by atoms with Crippen LogP contribution in [0, 0.1) is 0 Å². The monoisotopic (exact) mass is 225 g/mol. The van der Waals surface area contributed by atoms with Gasteiger partial charge in [0.05, 0.1) is 0 Å². The molecule has 6 nitrogen and oxygen atoms in total. The van der Waals surface area contributed by atoms with Gasteiger partial charge in [-0.25, -0.2) is 19.9 Å². The van der Waals surface area contributed by atoms with Crippen molar-refractivity contribution >= 4 is 0 Å². The highest BCUT2D eigenvalue weighted by Gasteiger charge is 1.99. The van der Waals surface area contributed by atoms with Gasteiger partial charge in [-0.2, -0.15) is 6.20 Å². The van der Waals surface area contributed by atoms with Crippen LogP contribution in [0.1, 0.15) is 0 Å². The minimum atomic E-state index is 0.554. The molecule has 3 heterocycles. The fraction of sp³-hybridized carbons (Fsp3) is 0. The molecule has 0 unspecified atom stereocenters. The average Bonchev–Trinajstić information content (AvgIpc) is 3.00. The zero-order chi connectivity index (χ0) is 11.8. The van der Waals surface area contributed by atoms with Crippen LogP contribution in [-0.4, -0.2) is 25.0 Å². The van der Waals surface area contributed by atoms with E-state index >= 15 is 0 Å². The molecule has 0 amide bonds. The standard InChI is InChI=1S/C8H6N4.C3H3N2/c1-3-9-7(10-4-1)8-11-5-2-6-12-8;1-2-4-5-3-1/h1-6H;1-3H/q;-1. The number of hydrogen-bond donors (Lipinski definition) is 0. The molecule has 84 valence electrons. The zero-order valence-electron chi connectivity index (χ0n) is 8.88. The van der Waals surface area contributed by atoms with E-state index in [0.29, 0.717) is 11.6 Å². The second-order valence-corrected chi connectivity index (χ2v) is 2.87. The van der Waals surface area contributed by atoms with Crippen molar-refractivity contribution in [2.24, 2.45) is 0 Å². The van der Waals surface area contributed by atoms with Crippen LogP contribution < -0.4 is 5.10 Å². The molecule has 0 N–H and O–H groups in total. The summed E-state index contributed by atoms with van der Waals surface area (Å²) in [6.07, 6.45) is 9.94. The van der Waals surface area contributed by atoms with Crippen LogP contribution in [0.5, 0.6) is 0 Å². The van der Waals surface area contributed by atoms with E-state index in [1.165, 1.54) is 0 Å². The summed E-state index contributed by atoms with van der Waals surface area (Å²) < 4.78 is 0. The third-order valence-electron chi connectivity index (χ3n) is 1.70. The Balaban J connectivity index is 0.000000181. The molecule has 0 saturated carbocycles. The predicted molar refractivity (Wildman–Crippen MR) is 60.6 cm³/mol. The maximum absolute atomic E-state index is 4.01. The summed E-state index contributed by atoms with van der Waals surface area (Å²) >= 11 is 0. The highest BCUT2D eigenvalue weighted by atomic mass is 15.1. The minimum Gasteiger partial charge on any atom is -0.582 e. The maximum Gasteiger partial charge on any atom is 0.197 e. The first kappa shape index (κ1) is 10.9. The Hall–Kier alpha value is -2.63. The fourth-order valence-electron chi connectivity index (χ4n) is 1.02. The van der Waals surface area contributed by atoms with Crippen molar-refractivity contribution in [3.63, 3.8) is 0 Å². The van der Waals surface area contributed by atoms with E-state index < -0.39 is 0 Å². The molecule has 17 heavy (non-hydrogen) atoms. The van der Waals surface area contributed by atoms with Crippen molar-refractivity contribution in [2.75, 3.05) is 0 Å². The number of hydrogen-bond acceptors (Lipinski definition) is 5. The largest absolute Gasteiger partial charge is 0.582 e. The molecule has 6 heteroatoms. The van der Waals surface area contributed by atoms with Crippen molar-refractivity contribution in [2.45, 2.75) is 0 Å². The number of rotatable bonds is 1. The Labute approximate surface area is 97.8 Å². The SMILES string of the molecule is c1cn[n-]c1.c1cnc(-c2ncccn2)nc1. The van der Waals surface area contributed by atoms with Crippen LogP contribution in [0.3, 0.4) is 0 Å². The van der Waals surface area contributed by atoms with E-state index in [2.05, 4.69) is 30.1 Å². The normalized spacial score (nSPS) is 9.18. The average molecular weight is 225 g/mol. The smallest absolute Gasteiger partial charge is 0.197 e. The molecule has 0 bridgehead atoms. The van der Waals surface area contributed by atoms with E-state index in [4.69, 9.17) is 0 Å². The summed E-state index contributed by atoms with van der Waals surface area (Å²) in [5, 5.41) is 6.94. The lowest BCUT2D eigenvalue weighted by Gasteiger charge is -1.93. The van der Waals surface area contributed by atoms with Crippen LogP contribution >= 0.6 is 0 Å². The topological polar surface area (TPSA) is 78.5 Å². The molecule has 0 aliphatic heterocycles. The second-order valence-electron chi connectivity index (χ2n) is 2.87. The molecule has 0 aromatic carbocycles. The molecule has 3 aromatic heterocycles. The van der Waals surface area contributed by atoms with Crippen LogP contribution in [-0.2, 0) is 0 Å². The van der Waals surface area contributed by atoms with E-state index in [0.717, 1.165) is 0 Å². The molecule has 3 aromatic rings. The summed E-state index contributed by atoms with van der Waals surface area (Å²) in [6, 6.07) is 5.29. The van der Waals surface area contributed by atoms with Crippen molar-refractivity contribution < 1.29 is 0 Å². The Kier molecular flexibility index (Phi) is 3.88. The fourth-order valence-corrected chi connectivity index (χ4v) is 1.02. The first-order chi connectivity index (χ1) is 8.47. The molecule has 0 saturated heterocycles. The summed E-state index contributed by atoms with van der Waals surface area (Å²) in [6.45, 7) is 0. The highest BCUT2D eigenvalue weighted by Crippen LogP contribution is 2.03. The highest BCUT2D eigenvalue weighted by molar-refractivity contribution is 5.40. The van der Waals surface area contributed by atoms with E-state index in [9.17, 15) is 0 Å². The van der Waals surface area contributed by atoms with Crippen LogP contribution in [0.4, 0.5) is 0 Å². The third-order valence-corrected chi connectivity index (χ3v) is 1.70. The van der Waals surface area contributed by atoms with Gasteiger partial charge in [0, 0.05) is 31.0 Å². The number of aromatic nitrogens is 6. The summed E-state index contributed by atoms with van der Waals surface area (Å²) in [7, 11) is 0. The van der Waals surface area contributed by atoms with Crippen molar-refractivity contribution in [3.05, 3.63) is 55.4 Å². The molecule has 0 radical (unpaired) electrons. The van der Waals surface area contributed by atoms with Gasteiger partial charge in [0.25, 0.3) is 0 Å². The van der Waals surface area contributed by atoms with E-state index in [-0.39, 0.29) is 0 Å². The molecule has 0 aliphatic rings. The molecular weight excluding hydrogens is 216 g/mol. The first-order valence-electron chi connectivity index (χ1n) is 4.89. The Morgan fingerprint density at radius 3 is 1.47 bits per heavy atom. The van der Waals surface area contributed by atoms with Crippen molar-refractivity contribution in [1.29, 1.82) is 0 Å². The summed E-state index contributed by atoms with van der Waals surface area (Å²) in [4.78, 5) is 16.1. The molecular formula is C11H9N6-. The molecule has 0 fully saturated rings. The minimum absolute atomic E-state index is 0.554.